The van der Waals surface area contributed by atoms with Crippen molar-refractivity contribution < 1.29 is 9.90 Å². The fraction of sp³-hybridized carbons (Fsp3) is 0.176. The number of nitrogens with zero attached hydrogens (tertiary/aromatic N) is 2. The molecule has 0 aromatic heterocycles. The van der Waals surface area contributed by atoms with Crippen LogP contribution in [0.25, 0.3) is 0 Å². The molecule has 6 heteroatoms. The number of halogens is 1. The third-order valence-corrected chi connectivity index (χ3v) is 3.15. The van der Waals surface area contributed by atoms with Crippen molar-refractivity contribution in [1.29, 1.82) is 0 Å². The lowest BCUT2D eigenvalue weighted by Gasteiger charge is -2.11. The minimum atomic E-state index is -0.271. The van der Waals surface area contributed by atoms with E-state index >= 15 is 0 Å². The van der Waals surface area contributed by atoms with Crippen LogP contribution in [0.3, 0.4) is 0 Å². The first kappa shape index (κ1) is 18.7. The molecule has 0 fully saturated rings. The van der Waals surface area contributed by atoms with Crippen LogP contribution < -0.4 is 10.3 Å². The molecule has 2 aromatic rings. The van der Waals surface area contributed by atoms with E-state index in [1.165, 1.54) is 0 Å². The van der Waals surface area contributed by atoms with Crippen molar-refractivity contribution in [2.45, 2.75) is 0 Å². The van der Waals surface area contributed by atoms with Gasteiger partial charge in [-0.15, -0.1) is 0 Å². The number of rotatable bonds is 4. The van der Waals surface area contributed by atoms with E-state index in [4.69, 9.17) is 16.7 Å². The maximum absolute atomic E-state index is 11.8. The highest BCUT2D eigenvalue weighted by Gasteiger charge is 2.02. The average molecular weight is 334 g/mol. The molecule has 2 rings (SSSR count). The zero-order valence-electron chi connectivity index (χ0n) is 13.3. The zero-order chi connectivity index (χ0) is 17.2. The number of benzene rings is 2. The van der Waals surface area contributed by atoms with Gasteiger partial charge in [0.2, 0.25) is 0 Å². The van der Waals surface area contributed by atoms with Crippen molar-refractivity contribution in [1.82, 2.24) is 5.43 Å². The van der Waals surface area contributed by atoms with Crippen molar-refractivity contribution in [3.63, 3.8) is 0 Å². The molecular formula is C17H20ClN3O2. The van der Waals surface area contributed by atoms with Gasteiger partial charge in [0, 0.05) is 37.5 Å². The number of aliphatic hydroxyl groups excluding tert-OH is 1. The molecule has 0 saturated carbocycles. The molecule has 0 unspecified atom stereocenters. The van der Waals surface area contributed by atoms with Crippen LogP contribution in [0, 0.1) is 0 Å². The number of hydrazone groups is 1. The Morgan fingerprint density at radius 3 is 2.17 bits per heavy atom. The third kappa shape index (κ3) is 6.10. The molecule has 2 aromatic carbocycles. The Kier molecular flexibility index (Phi) is 7.80. The number of hydrogen-bond acceptors (Lipinski definition) is 4. The van der Waals surface area contributed by atoms with Gasteiger partial charge in [0.25, 0.3) is 5.91 Å². The molecule has 2 N–H and O–H groups in total. The Hall–Kier alpha value is -2.37. The van der Waals surface area contributed by atoms with Crippen LogP contribution in [0.5, 0.6) is 0 Å². The molecule has 0 spiro atoms. The molecule has 122 valence electrons. The van der Waals surface area contributed by atoms with Crippen LogP contribution in [0.2, 0.25) is 5.02 Å². The Morgan fingerprint density at radius 1 is 1.09 bits per heavy atom. The largest absolute Gasteiger partial charge is 0.400 e. The van der Waals surface area contributed by atoms with Gasteiger partial charge in [-0.25, -0.2) is 5.43 Å². The number of aliphatic hydroxyl groups is 1. The predicted octanol–water partition coefficient (Wildman–Crippen LogP) is 2.78. The van der Waals surface area contributed by atoms with Gasteiger partial charge in [0.05, 0.1) is 6.21 Å². The SMILES string of the molecule is CN(C)c1ccc(/C=N/NC(=O)c2ccc(Cl)cc2)cc1.CO. The van der Waals surface area contributed by atoms with E-state index in [-0.39, 0.29) is 5.91 Å². The summed E-state index contributed by atoms with van der Waals surface area (Å²) >= 11 is 5.77. The summed E-state index contributed by atoms with van der Waals surface area (Å²) in [5, 5.41) is 11.5. The first-order chi connectivity index (χ1) is 11.1. The molecule has 0 aliphatic carbocycles. The lowest BCUT2D eigenvalue weighted by atomic mass is 10.2. The number of carbonyl (C=O) groups is 1. The van der Waals surface area contributed by atoms with Crippen molar-refractivity contribution >= 4 is 29.4 Å². The highest BCUT2D eigenvalue weighted by atomic mass is 35.5. The van der Waals surface area contributed by atoms with Gasteiger partial charge in [-0.05, 0) is 42.0 Å². The molecule has 5 nitrogen and oxygen atoms in total. The lowest BCUT2D eigenvalue weighted by Crippen LogP contribution is -2.17. The number of anilines is 1. The van der Waals surface area contributed by atoms with Crippen LogP contribution in [0.15, 0.2) is 53.6 Å². The summed E-state index contributed by atoms with van der Waals surface area (Å²) in [4.78, 5) is 13.8. The van der Waals surface area contributed by atoms with E-state index in [2.05, 4.69) is 10.5 Å². The molecule has 0 aliphatic rings. The minimum absolute atomic E-state index is 0.271. The summed E-state index contributed by atoms with van der Waals surface area (Å²) in [5.74, 6) is -0.271. The Bertz CT molecular complexity index is 638. The van der Waals surface area contributed by atoms with Crippen LogP contribution >= 0.6 is 11.6 Å². The normalized spacial score (nSPS) is 9.96. The van der Waals surface area contributed by atoms with Crippen LogP contribution in [-0.4, -0.2) is 38.4 Å². The molecule has 1 amide bonds. The summed E-state index contributed by atoms with van der Waals surface area (Å²) in [6.45, 7) is 0. The molecule has 23 heavy (non-hydrogen) atoms. The molecule has 0 saturated heterocycles. The topological polar surface area (TPSA) is 64.9 Å². The molecule has 0 aliphatic heterocycles. The quantitative estimate of drug-likeness (QED) is 0.668. The molecular weight excluding hydrogens is 314 g/mol. The van der Waals surface area contributed by atoms with Crippen molar-refractivity contribution in [3.05, 3.63) is 64.7 Å². The van der Waals surface area contributed by atoms with Crippen molar-refractivity contribution in [3.8, 4) is 0 Å². The zero-order valence-corrected chi connectivity index (χ0v) is 14.1. The average Bonchev–Trinajstić information content (AvgIpc) is 2.57. The van der Waals surface area contributed by atoms with E-state index < -0.39 is 0 Å². The van der Waals surface area contributed by atoms with Gasteiger partial charge in [0.1, 0.15) is 0 Å². The monoisotopic (exact) mass is 333 g/mol. The van der Waals surface area contributed by atoms with Gasteiger partial charge in [-0.2, -0.15) is 5.10 Å². The van der Waals surface area contributed by atoms with E-state index in [0.717, 1.165) is 18.4 Å². The number of carbonyl (C=O) groups excluding carboxylic acids is 1. The van der Waals surface area contributed by atoms with Gasteiger partial charge >= 0.3 is 0 Å². The van der Waals surface area contributed by atoms with Crippen LogP contribution in [0.4, 0.5) is 5.69 Å². The Balaban J connectivity index is 0.00000127. The molecule has 0 atom stereocenters. The second-order valence-corrected chi connectivity index (χ2v) is 5.13. The predicted molar refractivity (Wildman–Crippen MR) is 95.4 cm³/mol. The highest BCUT2D eigenvalue weighted by Crippen LogP contribution is 2.11. The van der Waals surface area contributed by atoms with Gasteiger partial charge in [0.15, 0.2) is 0 Å². The number of nitrogens with one attached hydrogen (secondary N) is 1. The summed E-state index contributed by atoms with van der Waals surface area (Å²) in [5.41, 5.74) is 5.02. The van der Waals surface area contributed by atoms with E-state index in [1.807, 2.05) is 43.3 Å². The first-order valence-electron chi connectivity index (χ1n) is 6.87. The third-order valence-electron chi connectivity index (χ3n) is 2.90. The maximum Gasteiger partial charge on any atom is 0.271 e. The van der Waals surface area contributed by atoms with E-state index in [0.29, 0.717) is 10.6 Å². The van der Waals surface area contributed by atoms with Gasteiger partial charge in [-0.3, -0.25) is 4.79 Å². The Labute approximate surface area is 141 Å². The standard InChI is InChI=1S/C16H16ClN3O.CH4O/c1-20(2)15-9-3-12(4-10-15)11-18-19-16(21)13-5-7-14(17)8-6-13;1-2/h3-11H,1-2H3,(H,19,21);2H,1H3/b18-11+;. The fourth-order valence-electron chi connectivity index (χ4n) is 1.69. The summed E-state index contributed by atoms with van der Waals surface area (Å²) in [6.07, 6.45) is 1.60. The first-order valence-corrected chi connectivity index (χ1v) is 7.25. The van der Waals surface area contributed by atoms with Crippen LogP contribution in [0.1, 0.15) is 15.9 Å². The molecule has 0 heterocycles. The Morgan fingerprint density at radius 2 is 1.65 bits per heavy atom. The van der Waals surface area contributed by atoms with E-state index in [9.17, 15) is 4.79 Å². The second-order valence-electron chi connectivity index (χ2n) is 4.69. The summed E-state index contributed by atoms with van der Waals surface area (Å²) in [7, 11) is 4.96. The number of amides is 1. The smallest absolute Gasteiger partial charge is 0.271 e. The molecule has 0 radical (unpaired) electrons. The second kappa shape index (κ2) is 9.61. The molecule has 0 bridgehead atoms. The van der Waals surface area contributed by atoms with Gasteiger partial charge in [-0.1, -0.05) is 23.7 Å². The lowest BCUT2D eigenvalue weighted by molar-refractivity contribution is 0.0955. The maximum atomic E-state index is 11.8. The number of hydrogen-bond donors (Lipinski definition) is 2. The van der Waals surface area contributed by atoms with Gasteiger partial charge < -0.3 is 10.0 Å². The van der Waals surface area contributed by atoms with Crippen molar-refractivity contribution in [2.75, 3.05) is 26.1 Å². The van der Waals surface area contributed by atoms with Crippen LogP contribution in [-0.2, 0) is 0 Å². The summed E-state index contributed by atoms with van der Waals surface area (Å²) in [6, 6.07) is 14.5. The summed E-state index contributed by atoms with van der Waals surface area (Å²) < 4.78 is 0. The highest BCUT2D eigenvalue weighted by molar-refractivity contribution is 6.30. The minimum Gasteiger partial charge on any atom is -0.400 e. The van der Waals surface area contributed by atoms with E-state index in [1.54, 1.807) is 30.5 Å². The fourth-order valence-corrected chi connectivity index (χ4v) is 1.82. The van der Waals surface area contributed by atoms with Crippen molar-refractivity contribution in [2.24, 2.45) is 5.10 Å².